The van der Waals surface area contributed by atoms with E-state index in [0.717, 1.165) is 27.3 Å². The third kappa shape index (κ3) is 2.24. The van der Waals surface area contributed by atoms with Crippen molar-refractivity contribution in [1.29, 1.82) is 0 Å². The van der Waals surface area contributed by atoms with Crippen molar-refractivity contribution in [3.63, 3.8) is 0 Å². The van der Waals surface area contributed by atoms with E-state index in [1.807, 2.05) is 32.0 Å². The van der Waals surface area contributed by atoms with Gasteiger partial charge in [-0.3, -0.25) is 0 Å². The van der Waals surface area contributed by atoms with E-state index < -0.39 is 5.97 Å². The summed E-state index contributed by atoms with van der Waals surface area (Å²) in [6, 6.07) is 7.51. The number of thiophene rings is 1. The van der Waals surface area contributed by atoms with Crippen LogP contribution < -0.4 is 4.74 Å². The Morgan fingerprint density at radius 2 is 1.83 bits per heavy atom. The molecule has 4 heteroatoms. The number of methoxy groups -OCH3 is 1. The van der Waals surface area contributed by atoms with Gasteiger partial charge in [0.15, 0.2) is 0 Å². The van der Waals surface area contributed by atoms with Crippen LogP contribution in [-0.2, 0) is 0 Å². The highest BCUT2D eigenvalue weighted by molar-refractivity contribution is 7.17. The number of ether oxygens (including phenoxy) is 1. The van der Waals surface area contributed by atoms with E-state index in [1.54, 1.807) is 13.2 Å². The van der Waals surface area contributed by atoms with E-state index >= 15 is 0 Å². The largest absolute Gasteiger partial charge is 0.496 e. The lowest BCUT2D eigenvalue weighted by Gasteiger charge is -2.10. The third-order valence-electron chi connectivity index (χ3n) is 2.77. The lowest BCUT2D eigenvalue weighted by molar-refractivity contribution is 0.0702. The number of aromatic carboxylic acids is 1. The molecular formula is C14H14O3S. The molecule has 0 saturated carbocycles. The van der Waals surface area contributed by atoms with Gasteiger partial charge in [0.05, 0.1) is 7.11 Å². The van der Waals surface area contributed by atoms with Crippen LogP contribution >= 0.6 is 11.3 Å². The number of benzene rings is 1. The van der Waals surface area contributed by atoms with Crippen LogP contribution in [0.1, 0.15) is 20.8 Å². The van der Waals surface area contributed by atoms with Crippen LogP contribution in [0.5, 0.6) is 5.75 Å². The first-order valence-electron chi connectivity index (χ1n) is 5.51. The van der Waals surface area contributed by atoms with Crippen LogP contribution in [0.15, 0.2) is 24.3 Å². The summed E-state index contributed by atoms with van der Waals surface area (Å²) < 4.78 is 5.32. The minimum Gasteiger partial charge on any atom is -0.496 e. The Labute approximate surface area is 110 Å². The van der Waals surface area contributed by atoms with Crippen LogP contribution in [0, 0.1) is 13.8 Å². The van der Waals surface area contributed by atoms with Crippen molar-refractivity contribution in [3.8, 4) is 16.2 Å². The molecule has 94 valence electrons. The first-order valence-corrected chi connectivity index (χ1v) is 6.33. The minimum absolute atomic E-state index is 0.358. The van der Waals surface area contributed by atoms with Crippen molar-refractivity contribution >= 4 is 17.3 Å². The number of hydrogen-bond acceptors (Lipinski definition) is 3. The molecule has 0 amide bonds. The van der Waals surface area contributed by atoms with Crippen molar-refractivity contribution in [2.75, 3.05) is 7.11 Å². The molecule has 0 saturated heterocycles. The number of hydrogen-bond donors (Lipinski definition) is 1. The number of carbonyl (C=O) groups is 1. The second-order valence-electron chi connectivity index (χ2n) is 4.11. The number of rotatable bonds is 3. The molecule has 0 unspecified atom stereocenters. The van der Waals surface area contributed by atoms with Gasteiger partial charge in [0, 0.05) is 4.88 Å². The van der Waals surface area contributed by atoms with E-state index in [4.69, 9.17) is 9.84 Å². The summed E-state index contributed by atoms with van der Waals surface area (Å²) >= 11 is 1.28. The molecule has 0 fully saturated rings. The molecular weight excluding hydrogens is 248 g/mol. The maximum absolute atomic E-state index is 10.9. The molecule has 1 aromatic heterocycles. The second-order valence-corrected chi connectivity index (χ2v) is 5.20. The summed E-state index contributed by atoms with van der Waals surface area (Å²) in [5, 5.41) is 8.93. The van der Waals surface area contributed by atoms with Gasteiger partial charge in [-0.15, -0.1) is 11.3 Å². The minimum atomic E-state index is -0.881. The van der Waals surface area contributed by atoms with Crippen LogP contribution in [0.25, 0.3) is 10.4 Å². The average Bonchev–Trinajstić information content (AvgIpc) is 2.77. The Kier molecular flexibility index (Phi) is 3.39. The van der Waals surface area contributed by atoms with Gasteiger partial charge >= 0.3 is 5.97 Å². The first-order chi connectivity index (χ1) is 8.52. The van der Waals surface area contributed by atoms with Crippen molar-refractivity contribution < 1.29 is 14.6 Å². The van der Waals surface area contributed by atoms with E-state index in [1.165, 1.54) is 11.3 Å². The van der Waals surface area contributed by atoms with Gasteiger partial charge in [-0.25, -0.2) is 4.79 Å². The van der Waals surface area contributed by atoms with Crippen molar-refractivity contribution in [2.24, 2.45) is 0 Å². The van der Waals surface area contributed by atoms with Gasteiger partial charge in [0.2, 0.25) is 0 Å². The molecule has 0 aliphatic rings. The first kappa shape index (κ1) is 12.6. The van der Waals surface area contributed by atoms with Crippen LogP contribution in [0.4, 0.5) is 0 Å². The molecule has 0 spiro atoms. The van der Waals surface area contributed by atoms with Gasteiger partial charge < -0.3 is 9.84 Å². The summed E-state index contributed by atoms with van der Waals surface area (Å²) in [6.45, 7) is 3.97. The number of aryl methyl sites for hydroxylation is 2. The molecule has 0 aliphatic heterocycles. The van der Waals surface area contributed by atoms with Crippen molar-refractivity contribution in [1.82, 2.24) is 0 Å². The third-order valence-corrected chi connectivity index (χ3v) is 3.89. The Morgan fingerprint density at radius 3 is 2.28 bits per heavy atom. The zero-order valence-electron chi connectivity index (χ0n) is 10.5. The molecule has 3 nitrogen and oxygen atoms in total. The van der Waals surface area contributed by atoms with E-state index in [2.05, 4.69) is 0 Å². The average molecular weight is 262 g/mol. The fraction of sp³-hybridized carbons (Fsp3) is 0.214. The van der Waals surface area contributed by atoms with Crippen LogP contribution in [-0.4, -0.2) is 18.2 Å². The molecule has 18 heavy (non-hydrogen) atoms. The molecule has 0 atom stereocenters. The lowest BCUT2D eigenvalue weighted by atomic mass is 10.0. The summed E-state index contributed by atoms with van der Waals surface area (Å²) in [5.41, 5.74) is 3.14. The highest BCUT2D eigenvalue weighted by atomic mass is 32.1. The number of carboxylic acids is 1. The quantitative estimate of drug-likeness (QED) is 0.916. The second kappa shape index (κ2) is 4.82. The monoisotopic (exact) mass is 262 g/mol. The molecule has 2 aromatic rings. The smallest absolute Gasteiger partial charge is 0.345 e. The Morgan fingerprint density at radius 1 is 1.22 bits per heavy atom. The fourth-order valence-corrected chi connectivity index (χ4v) is 2.85. The Hall–Kier alpha value is -1.81. The molecule has 0 aliphatic carbocycles. The van der Waals surface area contributed by atoms with E-state index in [-0.39, 0.29) is 0 Å². The Balaban J connectivity index is 2.47. The summed E-state index contributed by atoms with van der Waals surface area (Å²) in [6.07, 6.45) is 0. The predicted octanol–water partition coefficient (Wildman–Crippen LogP) is 3.74. The summed E-state index contributed by atoms with van der Waals surface area (Å²) in [5.74, 6) is 0.00182. The summed E-state index contributed by atoms with van der Waals surface area (Å²) in [4.78, 5) is 12.2. The topological polar surface area (TPSA) is 46.5 Å². The van der Waals surface area contributed by atoms with E-state index in [9.17, 15) is 4.79 Å². The molecule has 1 N–H and O–H groups in total. The zero-order valence-corrected chi connectivity index (χ0v) is 11.3. The predicted molar refractivity (Wildman–Crippen MR) is 72.7 cm³/mol. The van der Waals surface area contributed by atoms with Gasteiger partial charge in [0.1, 0.15) is 10.6 Å². The standard InChI is InChI=1S/C14H14O3S/c1-8-6-10(7-9(2)13(8)17-3)11-4-5-12(18-11)14(15)16/h4-7H,1-3H3,(H,15,16). The van der Waals surface area contributed by atoms with E-state index in [0.29, 0.717) is 4.88 Å². The van der Waals surface area contributed by atoms with Crippen LogP contribution in [0.3, 0.4) is 0 Å². The highest BCUT2D eigenvalue weighted by Gasteiger charge is 2.11. The maximum atomic E-state index is 10.9. The molecule has 1 heterocycles. The van der Waals surface area contributed by atoms with Gasteiger partial charge in [-0.05, 0) is 54.8 Å². The fourth-order valence-electron chi connectivity index (χ4n) is 2.02. The van der Waals surface area contributed by atoms with Crippen LogP contribution in [0.2, 0.25) is 0 Å². The van der Waals surface area contributed by atoms with Crippen molar-refractivity contribution in [3.05, 3.63) is 40.3 Å². The van der Waals surface area contributed by atoms with Gasteiger partial charge in [-0.2, -0.15) is 0 Å². The Bertz CT molecular complexity index is 576. The molecule has 1 aromatic carbocycles. The van der Waals surface area contributed by atoms with Gasteiger partial charge in [-0.1, -0.05) is 0 Å². The normalized spacial score (nSPS) is 10.4. The molecule has 0 radical (unpaired) electrons. The lowest BCUT2D eigenvalue weighted by Crippen LogP contribution is -1.91. The summed E-state index contributed by atoms with van der Waals surface area (Å²) in [7, 11) is 1.66. The molecule has 2 rings (SSSR count). The zero-order chi connectivity index (χ0) is 13.3. The van der Waals surface area contributed by atoms with Gasteiger partial charge in [0.25, 0.3) is 0 Å². The highest BCUT2D eigenvalue weighted by Crippen LogP contribution is 2.33. The number of carboxylic acid groups (broad SMARTS) is 1. The molecule has 0 bridgehead atoms. The maximum Gasteiger partial charge on any atom is 0.345 e. The SMILES string of the molecule is COc1c(C)cc(-c2ccc(C(=O)O)s2)cc1C. The van der Waals surface area contributed by atoms with Crippen molar-refractivity contribution in [2.45, 2.75) is 13.8 Å².